The van der Waals surface area contributed by atoms with Crippen LogP contribution in [0.5, 0.6) is 23.0 Å². The van der Waals surface area contributed by atoms with Crippen molar-refractivity contribution >= 4 is 0 Å². The minimum atomic E-state index is -0.168. The Kier molecular flexibility index (Phi) is 5.35. The molecule has 0 radical (unpaired) electrons. The summed E-state index contributed by atoms with van der Waals surface area (Å²) < 4.78 is 27.0. The highest BCUT2D eigenvalue weighted by Gasteiger charge is 2.17. The minimum absolute atomic E-state index is 0.168. The van der Waals surface area contributed by atoms with Gasteiger partial charge in [0, 0.05) is 11.6 Å². The minimum Gasteiger partial charge on any atom is -0.493 e. The lowest BCUT2D eigenvalue weighted by Crippen LogP contribution is -2.05. The second-order valence-electron chi connectivity index (χ2n) is 5.63. The Labute approximate surface area is 156 Å². The van der Waals surface area contributed by atoms with E-state index in [-0.39, 0.29) is 5.43 Å². The maximum absolute atomic E-state index is 12.7. The molecular formula is C21H20O6. The van der Waals surface area contributed by atoms with Crippen molar-refractivity contribution < 1.29 is 23.4 Å². The molecule has 0 saturated carbocycles. The van der Waals surface area contributed by atoms with E-state index >= 15 is 0 Å². The maximum Gasteiger partial charge on any atom is 0.193 e. The zero-order chi connectivity index (χ0) is 19.4. The van der Waals surface area contributed by atoms with Gasteiger partial charge in [0.15, 0.2) is 28.4 Å². The SMILES string of the molecule is COc1ccc(-c2occc(=O)c2-c2ccc(OC)c(OC)c2)cc1OC. The molecule has 1 heterocycles. The van der Waals surface area contributed by atoms with Gasteiger partial charge in [-0.05, 0) is 35.9 Å². The highest BCUT2D eigenvalue weighted by Crippen LogP contribution is 2.38. The van der Waals surface area contributed by atoms with Crippen LogP contribution < -0.4 is 24.4 Å². The van der Waals surface area contributed by atoms with Gasteiger partial charge in [-0.15, -0.1) is 0 Å². The lowest BCUT2D eigenvalue weighted by molar-refractivity contribution is 0.355. The lowest BCUT2D eigenvalue weighted by atomic mass is 9.99. The van der Waals surface area contributed by atoms with Gasteiger partial charge in [-0.3, -0.25) is 4.79 Å². The predicted molar refractivity (Wildman–Crippen MR) is 102 cm³/mol. The van der Waals surface area contributed by atoms with Crippen molar-refractivity contribution in [3.63, 3.8) is 0 Å². The van der Waals surface area contributed by atoms with Gasteiger partial charge in [-0.1, -0.05) is 6.07 Å². The molecule has 6 nitrogen and oxygen atoms in total. The van der Waals surface area contributed by atoms with Gasteiger partial charge >= 0.3 is 0 Å². The van der Waals surface area contributed by atoms with Crippen LogP contribution in [0.3, 0.4) is 0 Å². The smallest absolute Gasteiger partial charge is 0.193 e. The quantitative estimate of drug-likeness (QED) is 0.655. The monoisotopic (exact) mass is 368 g/mol. The van der Waals surface area contributed by atoms with Gasteiger partial charge in [0.05, 0.1) is 40.3 Å². The van der Waals surface area contributed by atoms with Crippen LogP contribution in [0.2, 0.25) is 0 Å². The summed E-state index contributed by atoms with van der Waals surface area (Å²) in [6.45, 7) is 0. The van der Waals surface area contributed by atoms with E-state index in [1.165, 1.54) is 12.3 Å². The van der Waals surface area contributed by atoms with Gasteiger partial charge in [-0.2, -0.15) is 0 Å². The Morgan fingerprint density at radius 2 is 1.19 bits per heavy atom. The number of hydrogen-bond donors (Lipinski definition) is 0. The average Bonchev–Trinajstić information content (AvgIpc) is 2.72. The van der Waals surface area contributed by atoms with E-state index in [2.05, 4.69) is 0 Å². The molecule has 1 aromatic heterocycles. The Morgan fingerprint density at radius 3 is 1.74 bits per heavy atom. The first kappa shape index (κ1) is 18.4. The van der Waals surface area contributed by atoms with Crippen LogP contribution in [0.25, 0.3) is 22.5 Å². The van der Waals surface area contributed by atoms with Gasteiger partial charge in [0.25, 0.3) is 0 Å². The second-order valence-corrected chi connectivity index (χ2v) is 5.63. The first-order valence-electron chi connectivity index (χ1n) is 8.19. The third kappa shape index (κ3) is 3.46. The van der Waals surface area contributed by atoms with Crippen LogP contribution in [-0.4, -0.2) is 28.4 Å². The number of methoxy groups -OCH3 is 4. The molecule has 0 N–H and O–H groups in total. The summed E-state index contributed by atoms with van der Waals surface area (Å²) in [5, 5.41) is 0. The van der Waals surface area contributed by atoms with E-state index in [4.69, 9.17) is 23.4 Å². The van der Waals surface area contributed by atoms with E-state index < -0.39 is 0 Å². The van der Waals surface area contributed by atoms with Crippen molar-refractivity contribution in [3.05, 3.63) is 59.0 Å². The molecule has 0 atom stereocenters. The summed E-state index contributed by atoms with van der Waals surface area (Å²) in [5.41, 5.74) is 1.60. The van der Waals surface area contributed by atoms with E-state index in [1.54, 1.807) is 58.8 Å². The summed E-state index contributed by atoms with van der Waals surface area (Å²) in [5.74, 6) is 2.66. The largest absolute Gasteiger partial charge is 0.493 e. The van der Waals surface area contributed by atoms with Crippen LogP contribution >= 0.6 is 0 Å². The second kappa shape index (κ2) is 7.86. The molecule has 0 aliphatic heterocycles. The van der Waals surface area contributed by atoms with Crippen molar-refractivity contribution in [2.24, 2.45) is 0 Å². The third-order valence-electron chi connectivity index (χ3n) is 4.20. The van der Waals surface area contributed by atoms with Crippen LogP contribution in [0.4, 0.5) is 0 Å². The molecule has 0 saturated heterocycles. The summed E-state index contributed by atoms with van der Waals surface area (Å²) in [6, 6.07) is 12.0. The van der Waals surface area contributed by atoms with Crippen molar-refractivity contribution in [2.75, 3.05) is 28.4 Å². The first-order valence-corrected chi connectivity index (χ1v) is 8.19. The van der Waals surface area contributed by atoms with Gasteiger partial charge in [0.2, 0.25) is 0 Å². The molecule has 0 bridgehead atoms. The van der Waals surface area contributed by atoms with Gasteiger partial charge in [0.1, 0.15) is 5.76 Å². The third-order valence-corrected chi connectivity index (χ3v) is 4.20. The van der Waals surface area contributed by atoms with Crippen molar-refractivity contribution in [3.8, 4) is 45.4 Å². The Morgan fingerprint density at radius 1 is 0.667 bits per heavy atom. The Balaban J connectivity index is 2.21. The fourth-order valence-corrected chi connectivity index (χ4v) is 2.87. The molecule has 0 aliphatic rings. The molecule has 3 aromatic rings. The summed E-state index contributed by atoms with van der Waals surface area (Å²) in [4.78, 5) is 12.7. The van der Waals surface area contributed by atoms with Crippen LogP contribution in [-0.2, 0) is 0 Å². The van der Waals surface area contributed by atoms with Crippen molar-refractivity contribution in [1.29, 1.82) is 0 Å². The van der Waals surface area contributed by atoms with E-state index in [0.29, 0.717) is 45.4 Å². The van der Waals surface area contributed by atoms with Crippen LogP contribution in [0.1, 0.15) is 0 Å². The van der Waals surface area contributed by atoms with Gasteiger partial charge in [-0.25, -0.2) is 0 Å². The van der Waals surface area contributed by atoms with E-state index in [1.807, 2.05) is 6.07 Å². The molecule has 140 valence electrons. The predicted octanol–water partition coefficient (Wildman–Crippen LogP) is 4.01. The topological polar surface area (TPSA) is 67.1 Å². The van der Waals surface area contributed by atoms with E-state index in [9.17, 15) is 4.79 Å². The fraction of sp³-hybridized carbons (Fsp3) is 0.190. The number of rotatable bonds is 6. The summed E-state index contributed by atoms with van der Waals surface area (Å²) in [6.07, 6.45) is 1.37. The average molecular weight is 368 g/mol. The lowest BCUT2D eigenvalue weighted by Gasteiger charge is -2.13. The molecule has 0 unspecified atom stereocenters. The van der Waals surface area contributed by atoms with Crippen molar-refractivity contribution in [2.45, 2.75) is 0 Å². The van der Waals surface area contributed by atoms with Crippen LogP contribution in [0.15, 0.2) is 57.9 Å². The molecule has 0 aliphatic carbocycles. The molecule has 0 spiro atoms. The maximum atomic E-state index is 12.7. The van der Waals surface area contributed by atoms with Gasteiger partial charge < -0.3 is 23.4 Å². The highest BCUT2D eigenvalue weighted by atomic mass is 16.5. The number of benzene rings is 2. The van der Waals surface area contributed by atoms with Crippen LogP contribution in [0, 0.1) is 0 Å². The van der Waals surface area contributed by atoms with Crippen molar-refractivity contribution in [1.82, 2.24) is 0 Å². The Bertz CT molecular complexity index is 1010. The highest BCUT2D eigenvalue weighted by molar-refractivity contribution is 5.81. The zero-order valence-electron chi connectivity index (χ0n) is 15.6. The first-order chi connectivity index (χ1) is 13.1. The number of ether oxygens (including phenoxy) is 4. The number of hydrogen-bond acceptors (Lipinski definition) is 6. The fourth-order valence-electron chi connectivity index (χ4n) is 2.87. The molecule has 3 rings (SSSR count). The molecular weight excluding hydrogens is 348 g/mol. The molecule has 6 heteroatoms. The molecule has 0 amide bonds. The molecule has 27 heavy (non-hydrogen) atoms. The Hall–Kier alpha value is -3.41. The summed E-state index contributed by atoms with van der Waals surface area (Å²) in [7, 11) is 6.22. The standard InChI is InChI=1S/C21H20O6/c1-23-16-7-5-13(11-18(16)25-3)20-15(22)9-10-27-21(20)14-6-8-17(24-2)19(12-14)26-4/h5-12H,1-4H3. The summed E-state index contributed by atoms with van der Waals surface area (Å²) >= 11 is 0. The van der Waals surface area contributed by atoms with E-state index in [0.717, 1.165) is 0 Å². The molecule has 2 aromatic carbocycles. The normalized spacial score (nSPS) is 10.4. The zero-order valence-corrected chi connectivity index (χ0v) is 15.6. The molecule has 0 fully saturated rings.